The molecule has 6 nitrogen and oxygen atoms in total. The Morgan fingerprint density at radius 3 is 2.26 bits per heavy atom. The summed E-state index contributed by atoms with van der Waals surface area (Å²) in [4.78, 5) is 25.3. The van der Waals surface area contributed by atoms with Crippen LogP contribution in [0.25, 0.3) is 0 Å². The summed E-state index contributed by atoms with van der Waals surface area (Å²) >= 11 is 0. The average molecular weight is 334 g/mol. The Balaban J connectivity index is 1.79. The molecule has 1 aliphatic carbocycles. The van der Waals surface area contributed by atoms with E-state index in [2.05, 4.69) is 10.3 Å². The van der Waals surface area contributed by atoms with Gasteiger partial charge in [0.05, 0.1) is 0 Å². The Kier molecular flexibility index (Phi) is 5.02. The Morgan fingerprint density at radius 2 is 1.74 bits per heavy atom. The highest BCUT2D eigenvalue weighted by atomic mass is 19.2. The van der Waals surface area contributed by atoms with Crippen LogP contribution in [0.1, 0.15) is 19.8 Å². The van der Waals surface area contributed by atoms with Crippen LogP contribution in [0.5, 0.6) is 0 Å². The molecule has 126 valence electrons. The summed E-state index contributed by atoms with van der Waals surface area (Å²) in [7, 11) is 0. The molecule has 0 spiro atoms. The first-order valence-electron chi connectivity index (χ1n) is 6.83. The molecule has 0 aliphatic heterocycles. The Bertz CT molecular complexity index is 615. The van der Waals surface area contributed by atoms with Crippen molar-refractivity contribution in [2.45, 2.75) is 19.8 Å². The van der Waals surface area contributed by atoms with Gasteiger partial charge >= 0.3 is 0 Å². The fourth-order valence-corrected chi connectivity index (χ4v) is 1.91. The molecule has 1 saturated carbocycles. The lowest BCUT2D eigenvalue weighted by Crippen LogP contribution is -2.35. The highest BCUT2D eigenvalue weighted by Crippen LogP contribution is 2.37. The summed E-state index contributed by atoms with van der Waals surface area (Å²) in [5, 5.41) is 2.54. The van der Waals surface area contributed by atoms with E-state index in [0.29, 0.717) is 5.92 Å². The lowest BCUT2D eigenvalue weighted by atomic mass is 10.3. The molecule has 0 bridgehead atoms. The van der Waals surface area contributed by atoms with Crippen LogP contribution in [0.2, 0.25) is 0 Å². The van der Waals surface area contributed by atoms with E-state index in [0.717, 1.165) is 6.42 Å². The van der Waals surface area contributed by atoms with E-state index in [-0.39, 0.29) is 24.8 Å². The van der Waals surface area contributed by atoms with Gasteiger partial charge in [-0.3, -0.25) is 20.4 Å². The number of nitrogens with zero attached hydrogens (tertiary/aromatic N) is 1. The molecule has 0 unspecified atom stereocenters. The predicted molar refractivity (Wildman–Crippen MR) is 70.7 cm³/mol. The Morgan fingerprint density at radius 1 is 1.17 bits per heavy atom. The van der Waals surface area contributed by atoms with Gasteiger partial charge in [0.15, 0.2) is 0 Å². The van der Waals surface area contributed by atoms with Crippen LogP contribution >= 0.6 is 0 Å². The predicted octanol–water partition coefficient (Wildman–Crippen LogP) is 1.24. The number of anilines is 1. The first-order chi connectivity index (χ1) is 10.8. The van der Waals surface area contributed by atoms with Crippen LogP contribution in [0.15, 0.2) is 0 Å². The minimum atomic E-state index is -1.84. The first kappa shape index (κ1) is 17.0. The topological polar surface area (TPSA) is 83.1 Å². The van der Waals surface area contributed by atoms with Crippen molar-refractivity contribution in [3.63, 3.8) is 0 Å². The monoisotopic (exact) mass is 334 g/mol. The summed E-state index contributed by atoms with van der Waals surface area (Å²) in [6, 6.07) is 0. The summed E-state index contributed by atoms with van der Waals surface area (Å²) < 4.78 is 52.2. The second-order valence-electron chi connectivity index (χ2n) is 5.23. The van der Waals surface area contributed by atoms with Crippen LogP contribution in [0.4, 0.5) is 23.2 Å². The van der Waals surface area contributed by atoms with Crippen LogP contribution in [0, 0.1) is 35.4 Å². The highest BCUT2D eigenvalue weighted by Gasteiger charge is 2.38. The van der Waals surface area contributed by atoms with Gasteiger partial charge in [0.1, 0.15) is 5.69 Å². The number of halogens is 4. The molecule has 1 aromatic rings. The van der Waals surface area contributed by atoms with Crippen molar-refractivity contribution < 1.29 is 27.2 Å². The lowest BCUT2D eigenvalue weighted by Gasteiger charge is -2.11. The Hall–Kier alpha value is -2.39. The number of hydrazine groups is 1. The second kappa shape index (κ2) is 6.80. The molecule has 2 amide bonds. The van der Waals surface area contributed by atoms with Gasteiger partial charge in [-0.2, -0.15) is 22.5 Å². The molecular weight excluding hydrogens is 320 g/mol. The minimum absolute atomic E-state index is 0.0274. The van der Waals surface area contributed by atoms with E-state index in [4.69, 9.17) is 0 Å². The molecule has 0 saturated heterocycles. The number of carbonyl (C=O) groups excluding carboxylic acids is 2. The summed E-state index contributed by atoms with van der Waals surface area (Å²) in [5.41, 5.74) is 2.45. The maximum Gasteiger partial charge on any atom is 0.254 e. The van der Waals surface area contributed by atoms with E-state index in [1.165, 1.54) is 0 Å². The van der Waals surface area contributed by atoms with Crippen LogP contribution < -0.4 is 16.2 Å². The second-order valence-corrected chi connectivity index (χ2v) is 5.23. The fourth-order valence-electron chi connectivity index (χ4n) is 1.91. The van der Waals surface area contributed by atoms with Crippen molar-refractivity contribution in [3.8, 4) is 0 Å². The normalized spacial score (nSPS) is 19.2. The maximum absolute atomic E-state index is 13.3. The van der Waals surface area contributed by atoms with E-state index in [1.54, 1.807) is 5.43 Å². The molecule has 2 atom stereocenters. The Labute approximate surface area is 128 Å². The summed E-state index contributed by atoms with van der Waals surface area (Å²) in [6.45, 7) is 1.95. The zero-order chi connectivity index (χ0) is 17.1. The number of amides is 2. The summed E-state index contributed by atoms with van der Waals surface area (Å²) in [6.07, 6.45) is 0.621. The van der Waals surface area contributed by atoms with E-state index in [9.17, 15) is 27.2 Å². The molecule has 10 heteroatoms. The van der Waals surface area contributed by atoms with Crippen LogP contribution in [0.3, 0.4) is 0 Å². The van der Waals surface area contributed by atoms with Crippen molar-refractivity contribution >= 4 is 17.5 Å². The molecule has 1 aliphatic rings. The van der Waals surface area contributed by atoms with Gasteiger partial charge in [0, 0.05) is 18.9 Å². The van der Waals surface area contributed by atoms with Gasteiger partial charge in [-0.05, 0) is 12.3 Å². The molecule has 1 heterocycles. The molecule has 2 rings (SSSR count). The van der Waals surface area contributed by atoms with Crippen molar-refractivity contribution in [2.75, 3.05) is 12.0 Å². The smallest absolute Gasteiger partial charge is 0.254 e. The molecule has 1 aromatic heterocycles. The van der Waals surface area contributed by atoms with Gasteiger partial charge < -0.3 is 5.32 Å². The van der Waals surface area contributed by atoms with Gasteiger partial charge in [0.2, 0.25) is 23.4 Å². The number of aromatic nitrogens is 1. The standard InChI is InChI=1S/C13H14F4N4O2/c1-5-4-6(5)13(23)18-3-2-7(22)20-21-10-8(14)11(16)19-12(17)9(10)15/h5-6H,2-4H2,1H3,(H,18,23)(H,19,21)(H,20,22)/t5-,6+/m1/s1. The number of pyridine rings is 1. The third-order valence-electron chi connectivity index (χ3n) is 3.42. The van der Waals surface area contributed by atoms with Gasteiger partial charge in [-0.25, -0.2) is 0 Å². The third-order valence-corrected chi connectivity index (χ3v) is 3.42. The molecule has 0 radical (unpaired) electrons. The first-order valence-corrected chi connectivity index (χ1v) is 6.83. The summed E-state index contributed by atoms with van der Waals surface area (Å²) in [5.74, 6) is -7.81. The van der Waals surface area contributed by atoms with Crippen molar-refractivity contribution in [3.05, 3.63) is 23.5 Å². The minimum Gasteiger partial charge on any atom is -0.355 e. The number of hydrogen-bond acceptors (Lipinski definition) is 4. The van der Waals surface area contributed by atoms with E-state index < -0.39 is 35.1 Å². The lowest BCUT2D eigenvalue weighted by molar-refractivity contribution is -0.123. The molecule has 0 aromatic carbocycles. The van der Waals surface area contributed by atoms with Crippen molar-refractivity contribution in [1.82, 2.24) is 15.7 Å². The van der Waals surface area contributed by atoms with E-state index in [1.807, 2.05) is 12.3 Å². The third kappa shape index (κ3) is 4.08. The van der Waals surface area contributed by atoms with Crippen LogP contribution in [-0.4, -0.2) is 23.3 Å². The number of rotatable bonds is 6. The van der Waals surface area contributed by atoms with Crippen molar-refractivity contribution in [2.24, 2.45) is 11.8 Å². The highest BCUT2D eigenvalue weighted by molar-refractivity contribution is 5.82. The zero-order valence-electron chi connectivity index (χ0n) is 12.1. The number of nitrogens with one attached hydrogen (secondary N) is 3. The average Bonchev–Trinajstić information content (AvgIpc) is 3.22. The SMILES string of the molecule is C[C@@H]1C[C@@H]1C(=O)NCCC(=O)NNc1c(F)c(F)nc(F)c1F. The molecule has 3 N–H and O–H groups in total. The molecule has 1 fully saturated rings. The van der Waals surface area contributed by atoms with Gasteiger partial charge in [0.25, 0.3) is 11.9 Å². The number of hydrogen-bond donors (Lipinski definition) is 3. The quantitative estimate of drug-likeness (QED) is 0.415. The molecule has 23 heavy (non-hydrogen) atoms. The van der Waals surface area contributed by atoms with Crippen molar-refractivity contribution in [1.29, 1.82) is 0 Å². The van der Waals surface area contributed by atoms with Gasteiger partial charge in [-0.1, -0.05) is 6.92 Å². The van der Waals surface area contributed by atoms with Gasteiger partial charge in [-0.15, -0.1) is 0 Å². The van der Waals surface area contributed by atoms with E-state index >= 15 is 0 Å². The molecular formula is C13H14F4N4O2. The maximum atomic E-state index is 13.3. The zero-order valence-corrected chi connectivity index (χ0v) is 12.1. The fraction of sp³-hybridized carbons (Fsp3) is 0.462. The number of carbonyl (C=O) groups is 2. The largest absolute Gasteiger partial charge is 0.355 e. The van der Waals surface area contributed by atoms with Crippen LogP contribution in [-0.2, 0) is 9.59 Å².